The molecule has 1 amide bonds. The molecule has 0 aliphatic rings. The van der Waals surface area contributed by atoms with Crippen molar-refractivity contribution in [2.45, 2.75) is 6.54 Å². The van der Waals surface area contributed by atoms with Crippen molar-refractivity contribution in [1.82, 2.24) is 4.90 Å². The lowest BCUT2D eigenvalue weighted by atomic mass is 10.3. The van der Waals surface area contributed by atoms with E-state index in [1.807, 2.05) is 36.4 Å². The second-order valence-corrected chi connectivity index (χ2v) is 7.66. The van der Waals surface area contributed by atoms with Gasteiger partial charge >= 0.3 is 0 Å². The van der Waals surface area contributed by atoms with E-state index in [4.69, 9.17) is 4.74 Å². The molecule has 1 heterocycles. The molecule has 0 saturated heterocycles. The standard InChI is InChI=1S/C14H13Br2NO2S/c1-17(8-12-6-7-13(16)20-12)14(18)9-19-11-4-2-10(15)3-5-11/h2-7H,8-9H2,1H3. The molecule has 0 spiro atoms. The molecule has 1 aromatic heterocycles. The van der Waals surface area contributed by atoms with E-state index in [0.717, 1.165) is 13.1 Å². The minimum atomic E-state index is -0.0440. The van der Waals surface area contributed by atoms with E-state index in [2.05, 4.69) is 31.9 Å². The average molecular weight is 419 g/mol. The summed E-state index contributed by atoms with van der Waals surface area (Å²) in [7, 11) is 1.78. The molecular formula is C14H13Br2NO2S. The van der Waals surface area contributed by atoms with Crippen molar-refractivity contribution in [3.05, 3.63) is 49.5 Å². The third-order valence-corrected chi connectivity index (χ3v) is 4.76. The van der Waals surface area contributed by atoms with Crippen molar-refractivity contribution >= 4 is 49.1 Å². The molecule has 0 bridgehead atoms. The molecule has 0 unspecified atom stereocenters. The SMILES string of the molecule is CN(Cc1ccc(Br)s1)C(=O)COc1ccc(Br)cc1. The number of carbonyl (C=O) groups is 1. The second-order valence-electron chi connectivity index (χ2n) is 4.20. The van der Waals surface area contributed by atoms with Gasteiger partial charge in [0.05, 0.1) is 10.3 Å². The Bertz CT molecular complexity index is 583. The molecule has 106 valence electrons. The van der Waals surface area contributed by atoms with Gasteiger partial charge in [-0.2, -0.15) is 0 Å². The quantitative estimate of drug-likeness (QED) is 0.723. The largest absolute Gasteiger partial charge is 0.484 e. The van der Waals surface area contributed by atoms with Gasteiger partial charge in [0, 0.05) is 16.4 Å². The van der Waals surface area contributed by atoms with Crippen LogP contribution in [0.4, 0.5) is 0 Å². The highest BCUT2D eigenvalue weighted by molar-refractivity contribution is 9.11. The number of amides is 1. The van der Waals surface area contributed by atoms with E-state index < -0.39 is 0 Å². The number of likely N-dealkylation sites (N-methyl/N-ethyl adjacent to an activating group) is 1. The predicted molar refractivity (Wildman–Crippen MR) is 88.1 cm³/mol. The third kappa shape index (κ3) is 4.61. The molecule has 1 aromatic carbocycles. The van der Waals surface area contributed by atoms with Crippen LogP contribution in [0.1, 0.15) is 4.88 Å². The van der Waals surface area contributed by atoms with E-state index >= 15 is 0 Å². The summed E-state index contributed by atoms with van der Waals surface area (Å²) >= 11 is 8.39. The van der Waals surface area contributed by atoms with Gasteiger partial charge in [0.15, 0.2) is 6.61 Å². The number of benzene rings is 1. The second kappa shape index (κ2) is 7.24. The van der Waals surface area contributed by atoms with Crippen molar-refractivity contribution in [1.29, 1.82) is 0 Å². The maximum absolute atomic E-state index is 12.0. The van der Waals surface area contributed by atoms with Gasteiger partial charge < -0.3 is 9.64 Å². The van der Waals surface area contributed by atoms with Gasteiger partial charge in [0.25, 0.3) is 5.91 Å². The molecule has 0 aliphatic carbocycles. The summed E-state index contributed by atoms with van der Waals surface area (Å²) in [5.74, 6) is 0.645. The van der Waals surface area contributed by atoms with Crippen LogP contribution in [0.15, 0.2) is 44.7 Å². The summed E-state index contributed by atoms with van der Waals surface area (Å²) in [5, 5.41) is 0. The normalized spacial score (nSPS) is 10.3. The first-order valence-corrected chi connectivity index (χ1v) is 8.31. The van der Waals surface area contributed by atoms with Gasteiger partial charge in [-0.1, -0.05) is 15.9 Å². The summed E-state index contributed by atoms with van der Waals surface area (Å²) < 4.78 is 7.52. The van der Waals surface area contributed by atoms with Crippen LogP contribution < -0.4 is 4.74 Å². The van der Waals surface area contributed by atoms with E-state index in [-0.39, 0.29) is 12.5 Å². The number of ether oxygens (including phenoxy) is 1. The first kappa shape index (κ1) is 15.5. The smallest absolute Gasteiger partial charge is 0.260 e. The molecule has 2 rings (SSSR count). The maximum Gasteiger partial charge on any atom is 0.260 e. The fourth-order valence-electron chi connectivity index (χ4n) is 1.54. The molecule has 0 N–H and O–H groups in total. The summed E-state index contributed by atoms with van der Waals surface area (Å²) in [6.45, 7) is 0.642. The zero-order valence-electron chi connectivity index (χ0n) is 10.8. The van der Waals surface area contributed by atoms with Crippen molar-refractivity contribution in [2.24, 2.45) is 0 Å². The molecule has 0 atom stereocenters. The monoisotopic (exact) mass is 417 g/mol. The first-order chi connectivity index (χ1) is 9.54. The minimum Gasteiger partial charge on any atom is -0.484 e. The maximum atomic E-state index is 12.0. The number of nitrogens with zero attached hydrogens (tertiary/aromatic N) is 1. The summed E-state index contributed by atoms with van der Waals surface area (Å²) in [5.41, 5.74) is 0. The van der Waals surface area contributed by atoms with Crippen molar-refractivity contribution < 1.29 is 9.53 Å². The number of hydrogen-bond acceptors (Lipinski definition) is 3. The van der Waals surface area contributed by atoms with Crippen LogP contribution in [0.3, 0.4) is 0 Å². The molecule has 0 aliphatic heterocycles. The Morgan fingerprint density at radius 2 is 1.90 bits per heavy atom. The van der Waals surface area contributed by atoms with E-state index in [9.17, 15) is 4.79 Å². The van der Waals surface area contributed by atoms with Crippen LogP contribution in [0.2, 0.25) is 0 Å². The molecule has 2 aromatic rings. The lowest BCUT2D eigenvalue weighted by Crippen LogP contribution is -2.30. The molecule has 3 nitrogen and oxygen atoms in total. The number of thiophene rings is 1. The number of hydrogen-bond donors (Lipinski definition) is 0. The van der Waals surface area contributed by atoms with Crippen LogP contribution in [0.25, 0.3) is 0 Å². The Kier molecular flexibility index (Phi) is 5.63. The Morgan fingerprint density at radius 1 is 1.20 bits per heavy atom. The van der Waals surface area contributed by atoms with Crippen molar-refractivity contribution in [2.75, 3.05) is 13.7 Å². The fraction of sp³-hybridized carbons (Fsp3) is 0.214. The van der Waals surface area contributed by atoms with Gasteiger partial charge in [-0.15, -0.1) is 11.3 Å². The third-order valence-electron chi connectivity index (χ3n) is 2.62. The van der Waals surface area contributed by atoms with Gasteiger partial charge in [0.2, 0.25) is 0 Å². The molecule has 0 radical (unpaired) electrons. The van der Waals surface area contributed by atoms with Gasteiger partial charge in [-0.3, -0.25) is 4.79 Å². The van der Waals surface area contributed by atoms with Crippen molar-refractivity contribution in [3.8, 4) is 5.75 Å². The van der Waals surface area contributed by atoms with Crippen LogP contribution in [-0.4, -0.2) is 24.5 Å². The lowest BCUT2D eigenvalue weighted by Gasteiger charge is -2.16. The highest BCUT2D eigenvalue weighted by Gasteiger charge is 2.11. The molecule has 6 heteroatoms. The zero-order valence-corrected chi connectivity index (χ0v) is 14.8. The number of carbonyl (C=O) groups excluding carboxylic acids is 1. The fourth-order valence-corrected chi connectivity index (χ4v) is 3.35. The topological polar surface area (TPSA) is 29.5 Å². The van der Waals surface area contributed by atoms with Crippen LogP contribution >= 0.6 is 43.2 Å². The van der Waals surface area contributed by atoms with Gasteiger partial charge in [-0.05, 0) is 52.3 Å². The van der Waals surface area contributed by atoms with E-state index in [0.29, 0.717) is 12.3 Å². The predicted octanol–water partition coefficient (Wildman–Crippen LogP) is 4.31. The molecule has 0 saturated carbocycles. The first-order valence-electron chi connectivity index (χ1n) is 5.91. The van der Waals surface area contributed by atoms with Gasteiger partial charge in [-0.25, -0.2) is 0 Å². The number of halogens is 2. The number of rotatable bonds is 5. The van der Waals surface area contributed by atoms with Crippen LogP contribution in [-0.2, 0) is 11.3 Å². The molecular weight excluding hydrogens is 406 g/mol. The molecule has 20 heavy (non-hydrogen) atoms. The Labute approximate surface area is 138 Å². The zero-order chi connectivity index (χ0) is 14.5. The Morgan fingerprint density at radius 3 is 2.50 bits per heavy atom. The Hall–Kier alpha value is -0.850. The van der Waals surface area contributed by atoms with Crippen LogP contribution in [0.5, 0.6) is 5.75 Å². The highest BCUT2D eigenvalue weighted by Crippen LogP contribution is 2.23. The minimum absolute atomic E-state index is 0.0440. The summed E-state index contributed by atoms with van der Waals surface area (Å²) in [6.07, 6.45) is 0. The average Bonchev–Trinajstić information content (AvgIpc) is 2.83. The summed E-state index contributed by atoms with van der Waals surface area (Å²) in [4.78, 5) is 14.8. The van der Waals surface area contributed by atoms with E-state index in [1.54, 1.807) is 23.3 Å². The lowest BCUT2D eigenvalue weighted by molar-refractivity contribution is -0.132. The highest BCUT2D eigenvalue weighted by atomic mass is 79.9. The molecule has 0 fully saturated rings. The van der Waals surface area contributed by atoms with E-state index in [1.165, 1.54) is 0 Å². The van der Waals surface area contributed by atoms with Crippen LogP contribution in [0, 0.1) is 0 Å². The van der Waals surface area contributed by atoms with Crippen molar-refractivity contribution in [3.63, 3.8) is 0 Å². The summed E-state index contributed by atoms with van der Waals surface area (Å²) in [6, 6.07) is 11.4. The Balaban J connectivity index is 1.83. The van der Waals surface area contributed by atoms with Gasteiger partial charge in [0.1, 0.15) is 5.75 Å².